The molecule has 0 aliphatic heterocycles. The van der Waals surface area contributed by atoms with Gasteiger partial charge < -0.3 is 9.73 Å². The Morgan fingerprint density at radius 3 is 2.65 bits per heavy atom. The second-order valence-electron chi connectivity index (χ2n) is 4.30. The zero-order chi connectivity index (χ0) is 13.9. The molecule has 0 saturated heterocycles. The van der Waals surface area contributed by atoms with Gasteiger partial charge in [-0.2, -0.15) is 0 Å². The third-order valence-electron chi connectivity index (χ3n) is 3.00. The highest BCUT2D eigenvalue weighted by Crippen LogP contribution is 2.26. The lowest BCUT2D eigenvalue weighted by Crippen LogP contribution is -2.11. The molecule has 3 rings (SSSR count). The van der Waals surface area contributed by atoms with E-state index in [1.807, 2.05) is 54.8 Å². The van der Waals surface area contributed by atoms with E-state index in [4.69, 9.17) is 4.42 Å². The minimum atomic E-state index is -0.234. The van der Waals surface area contributed by atoms with Gasteiger partial charge in [0.05, 0.1) is 5.69 Å². The van der Waals surface area contributed by atoms with Crippen LogP contribution in [-0.4, -0.2) is 12.2 Å². The monoisotopic (exact) mass is 283 g/mol. The molecule has 0 aliphatic carbocycles. The Morgan fingerprint density at radius 2 is 1.85 bits per heavy atom. The molecule has 0 bridgehead atoms. The lowest BCUT2D eigenvalue weighted by atomic mass is 10.2. The molecule has 0 atom stereocenters. The van der Waals surface area contributed by atoms with Gasteiger partial charge >= 0.3 is 0 Å². The fraction of sp³-hybridized carbons (Fsp3) is 0.0625. The maximum atomic E-state index is 12.2. The summed E-state index contributed by atoms with van der Waals surface area (Å²) in [6.45, 7) is 0. The number of fused-ring (bicyclic) bond motifs is 1. The number of para-hydroxylation sites is 2. The highest BCUT2D eigenvalue weighted by molar-refractivity contribution is 7.98. The van der Waals surface area contributed by atoms with E-state index in [0.29, 0.717) is 5.76 Å². The van der Waals surface area contributed by atoms with Crippen molar-refractivity contribution in [2.24, 2.45) is 0 Å². The van der Waals surface area contributed by atoms with Gasteiger partial charge in [-0.15, -0.1) is 11.8 Å². The van der Waals surface area contributed by atoms with Gasteiger partial charge in [-0.25, -0.2) is 0 Å². The molecule has 3 nitrogen and oxygen atoms in total. The van der Waals surface area contributed by atoms with Gasteiger partial charge in [0.2, 0.25) is 0 Å². The lowest BCUT2D eigenvalue weighted by molar-refractivity contribution is 0.0998. The second kappa shape index (κ2) is 5.43. The molecule has 0 aliphatic rings. The van der Waals surface area contributed by atoms with Crippen LogP contribution in [0.25, 0.3) is 11.0 Å². The topological polar surface area (TPSA) is 42.2 Å². The lowest BCUT2D eigenvalue weighted by Gasteiger charge is -2.07. The van der Waals surface area contributed by atoms with Crippen LogP contribution in [0, 0.1) is 0 Å². The molecule has 0 fully saturated rings. The van der Waals surface area contributed by atoms with Gasteiger partial charge in [-0.05, 0) is 30.5 Å². The summed E-state index contributed by atoms with van der Waals surface area (Å²) in [7, 11) is 0. The Kier molecular flexibility index (Phi) is 3.48. The molecule has 4 heteroatoms. The van der Waals surface area contributed by atoms with E-state index in [1.165, 1.54) is 0 Å². The molecule has 0 spiro atoms. The SMILES string of the molecule is CSc1ccccc1NC(=O)c1cc2ccccc2o1. The molecule has 1 N–H and O–H groups in total. The quantitative estimate of drug-likeness (QED) is 0.724. The van der Waals surface area contributed by atoms with Crippen molar-refractivity contribution in [2.45, 2.75) is 4.90 Å². The number of furan rings is 1. The van der Waals surface area contributed by atoms with Crippen LogP contribution in [-0.2, 0) is 0 Å². The third kappa shape index (κ3) is 2.42. The predicted octanol–water partition coefficient (Wildman–Crippen LogP) is 4.41. The first-order chi connectivity index (χ1) is 9.78. The number of carbonyl (C=O) groups is 1. The number of carbonyl (C=O) groups excluding carboxylic acids is 1. The van der Waals surface area contributed by atoms with E-state index in [2.05, 4.69) is 5.32 Å². The van der Waals surface area contributed by atoms with Gasteiger partial charge in [0.15, 0.2) is 5.76 Å². The van der Waals surface area contributed by atoms with E-state index in [0.717, 1.165) is 21.6 Å². The second-order valence-corrected chi connectivity index (χ2v) is 5.15. The Morgan fingerprint density at radius 1 is 1.10 bits per heavy atom. The molecule has 0 saturated carbocycles. The standard InChI is InChI=1S/C16H13NO2S/c1-20-15-9-5-3-7-12(15)17-16(18)14-10-11-6-2-4-8-13(11)19-14/h2-10H,1H3,(H,17,18). The number of hydrogen-bond acceptors (Lipinski definition) is 3. The van der Waals surface area contributed by atoms with Crippen molar-refractivity contribution >= 4 is 34.3 Å². The molecule has 20 heavy (non-hydrogen) atoms. The van der Waals surface area contributed by atoms with Gasteiger partial charge in [0.25, 0.3) is 5.91 Å². The van der Waals surface area contributed by atoms with Crippen LogP contribution < -0.4 is 5.32 Å². The minimum Gasteiger partial charge on any atom is -0.451 e. The average molecular weight is 283 g/mol. The van der Waals surface area contributed by atoms with Crippen LogP contribution in [0.4, 0.5) is 5.69 Å². The minimum absolute atomic E-state index is 0.234. The number of nitrogens with one attached hydrogen (secondary N) is 1. The molecule has 3 aromatic rings. The normalized spacial score (nSPS) is 10.7. The highest BCUT2D eigenvalue weighted by atomic mass is 32.2. The number of amides is 1. The number of thioether (sulfide) groups is 1. The van der Waals surface area contributed by atoms with Crippen LogP contribution >= 0.6 is 11.8 Å². The molecule has 100 valence electrons. The van der Waals surface area contributed by atoms with Crippen LogP contribution in [0.3, 0.4) is 0 Å². The van der Waals surface area contributed by atoms with E-state index in [9.17, 15) is 4.79 Å². The third-order valence-corrected chi connectivity index (χ3v) is 3.80. The van der Waals surface area contributed by atoms with Crippen LogP contribution in [0.15, 0.2) is 63.9 Å². The van der Waals surface area contributed by atoms with E-state index in [1.54, 1.807) is 17.8 Å². The largest absolute Gasteiger partial charge is 0.451 e. The Hall–Kier alpha value is -2.20. The molecule has 1 amide bonds. The van der Waals surface area contributed by atoms with Crippen molar-refractivity contribution in [2.75, 3.05) is 11.6 Å². The first-order valence-corrected chi connectivity index (χ1v) is 7.43. The van der Waals surface area contributed by atoms with E-state index < -0.39 is 0 Å². The van der Waals surface area contributed by atoms with Crippen LogP contribution in [0.5, 0.6) is 0 Å². The summed E-state index contributed by atoms with van der Waals surface area (Å²) in [6, 6.07) is 17.0. The smallest absolute Gasteiger partial charge is 0.291 e. The predicted molar refractivity (Wildman–Crippen MR) is 82.4 cm³/mol. The highest BCUT2D eigenvalue weighted by Gasteiger charge is 2.13. The molecular formula is C16H13NO2S. The van der Waals surface area contributed by atoms with Crippen LogP contribution in [0.1, 0.15) is 10.6 Å². The van der Waals surface area contributed by atoms with Crippen molar-refractivity contribution in [1.29, 1.82) is 0 Å². The summed E-state index contributed by atoms with van der Waals surface area (Å²) in [4.78, 5) is 13.3. The zero-order valence-electron chi connectivity index (χ0n) is 10.9. The maximum absolute atomic E-state index is 12.2. The van der Waals surface area contributed by atoms with Crippen molar-refractivity contribution in [3.05, 3.63) is 60.4 Å². The van der Waals surface area contributed by atoms with Gasteiger partial charge in [-0.3, -0.25) is 4.79 Å². The molecule has 1 aromatic heterocycles. The van der Waals surface area contributed by atoms with Crippen LogP contribution in [0.2, 0.25) is 0 Å². The maximum Gasteiger partial charge on any atom is 0.291 e. The fourth-order valence-corrected chi connectivity index (χ4v) is 2.58. The number of hydrogen-bond donors (Lipinski definition) is 1. The Balaban J connectivity index is 1.89. The molecule has 1 heterocycles. The van der Waals surface area contributed by atoms with Crippen molar-refractivity contribution in [1.82, 2.24) is 0 Å². The summed E-state index contributed by atoms with van der Waals surface area (Å²) in [5.74, 6) is 0.0878. The summed E-state index contributed by atoms with van der Waals surface area (Å²) < 4.78 is 5.56. The first-order valence-electron chi connectivity index (χ1n) is 6.21. The van der Waals surface area contributed by atoms with Crippen molar-refractivity contribution < 1.29 is 9.21 Å². The Labute approximate surface area is 121 Å². The first kappa shape index (κ1) is 12.8. The van der Waals surface area contributed by atoms with Gasteiger partial charge in [-0.1, -0.05) is 30.3 Å². The average Bonchev–Trinajstić information content (AvgIpc) is 2.92. The van der Waals surface area contributed by atoms with Gasteiger partial charge in [0, 0.05) is 10.3 Å². The molecule has 0 unspecified atom stereocenters. The summed E-state index contributed by atoms with van der Waals surface area (Å²) in [6.07, 6.45) is 1.98. The van der Waals surface area contributed by atoms with Crippen molar-refractivity contribution in [3.63, 3.8) is 0 Å². The summed E-state index contributed by atoms with van der Waals surface area (Å²) in [5.41, 5.74) is 1.52. The summed E-state index contributed by atoms with van der Waals surface area (Å²) in [5, 5.41) is 3.81. The summed E-state index contributed by atoms with van der Waals surface area (Å²) >= 11 is 1.59. The van der Waals surface area contributed by atoms with E-state index >= 15 is 0 Å². The van der Waals surface area contributed by atoms with Crippen molar-refractivity contribution in [3.8, 4) is 0 Å². The molecule has 2 aromatic carbocycles. The zero-order valence-corrected chi connectivity index (χ0v) is 11.7. The molecule has 0 radical (unpaired) electrons. The van der Waals surface area contributed by atoms with Gasteiger partial charge in [0.1, 0.15) is 5.58 Å². The number of benzene rings is 2. The Bertz CT molecular complexity index is 731. The molecular weight excluding hydrogens is 270 g/mol. The number of anilines is 1. The fourth-order valence-electron chi connectivity index (χ4n) is 2.03. The number of rotatable bonds is 3. The van der Waals surface area contributed by atoms with E-state index in [-0.39, 0.29) is 5.91 Å².